The van der Waals surface area contributed by atoms with E-state index in [1.807, 2.05) is 19.0 Å². The van der Waals surface area contributed by atoms with Crippen LogP contribution in [0.3, 0.4) is 0 Å². The largest absolute Gasteiger partial charge is 0.365 e. The van der Waals surface area contributed by atoms with Gasteiger partial charge in [-0.1, -0.05) is 0 Å². The highest BCUT2D eigenvalue weighted by Gasteiger charge is 2.32. The molecule has 26 heavy (non-hydrogen) atoms. The summed E-state index contributed by atoms with van der Waals surface area (Å²) >= 11 is 0. The summed E-state index contributed by atoms with van der Waals surface area (Å²) < 4.78 is 6.05. The third-order valence-corrected chi connectivity index (χ3v) is 4.82. The molecule has 8 heteroatoms. The van der Waals surface area contributed by atoms with Crippen LogP contribution in [0.1, 0.15) is 59.7 Å². The van der Waals surface area contributed by atoms with E-state index in [0.29, 0.717) is 23.8 Å². The Balaban J connectivity index is 1.32. The molecule has 1 aliphatic carbocycles. The molecular weight excluding hydrogens is 332 g/mol. The Morgan fingerprint density at radius 3 is 2.96 bits per heavy atom. The van der Waals surface area contributed by atoms with E-state index in [1.165, 1.54) is 12.8 Å². The standard InChI is InChI=1S/C18H24N6O2/c1-24(2)17-13(4-3-9-19-17)18(25)20-10-12-7-8-14(26-12)16-21-15(22-23-16)11-5-6-11/h3-4,9,11-12,14H,5-8,10H2,1-2H3,(H,20,25)(H,21,22,23)/t12-,14+/m1/s1. The Hall–Kier alpha value is -2.48. The van der Waals surface area contributed by atoms with Crippen LogP contribution in [0.25, 0.3) is 0 Å². The van der Waals surface area contributed by atoms with Gasteiger partial charge in [-0.2, -0.15) is 5.10 Å². The molecule has 1 saturated carbocycles. The fourth-order valence-electron chi connectivity index (χ4n) is 3.25. The highest BCUT2D eigenvalue weighted by atomic mass is 16.5. The second-order valence-electron chi connectivity index (χ2n) is 7.16. The van der Waals surface area contributed by atoms with Crippen molar-refractivity contribution in [3.63, 3.8) is 0 Å². The number of pyridine rings is 1. The molecule has 2 aliphatic rings. The van der Waals surface area contributed by atoms with E-state index >= 15 is 0 Å². The van der Waals surface area contributed by atoms with Crippen LogP contribution < -0.4 is 10.2 Å². The molecule has 1 aliphatic heterocycles. The van der Waals surface area contributed by atoms with Gasteiger partial charge in [0.05, 0.1) is 11.7 Å². The molecule has 138 valence electrons. The van der Waals surface area contributed by atoms with Gasteiger partial charge in [0.25, 0.3) is 5.91 Å². The highest BCUT2D eigenvalue weighted by Crippen LogP contribution is 2.39. The highest BCUT2D eigenvalue weighted by molar-refractivity contribution is 5.98. The summed E-state index contributed by atoms with van der Waals surface area (Å²) in [6.45, 7) is 0.473. The van der Waals surface area contributed by atoms with Gasteiger partial charge < -0.3 is 15.0 Å². The van der Waals surface area contributed by atoms with Crippen LogP contribution >= 0.6 is 0 Å². The molecule has 1 saturated heterocycles. The molecule has 4 rings (SSSR count). The molecule has 0 aromatic carbocycles. The number of amides is 1. The smallest absolute Gasteiger partial charge is 0.255 e. The zero-order valence-corrected chi connectivity index (χ0v) is 15.1. The van der Waals surface area contributed by atoms with Crippen LogP contribution in [-0.4, -0.2) is 52.8 Å². The van der Waals surface area contributed by atoms with Gasteiger partial charge in [-0.05, 0) is 37.8 Å². The summed E-state index contributed by atoms with van der Waals surface area (Å²) in [4.78, 5) is 23.2. The van der Waals surface area contributed by atoms with Crippen molar-refractivity contribution >= 4 is 11.7 Å². The first kappa shape index (κ1) is 17.0. The van der Waals surface area contributed by atoms with Crippen molar-refractivity contribution in [2.24, 2.45) is 0 Å². The minimum absolute atomic E-state index is 0.0158. The monoisotopic (exact) mass is 356 g/mol. The van der Waals surface area contributed by atoms with E-state index in [0.717, 1.165) is 24.5 Å². The molecule has 1 amide bonds. The van der Waals surface area contributed by atoms with Crippen molar-refractivity contribution < 1.29 is 9.53 Å². The molecule has 2 aromatic heterocycles. The van der Waals surface area contributed by atoms with Gasteiger partial charge >= 0.3 is 0 Å². The SMILES string of the molecule is CN(C)c1ncccc1C(=O)NC[C@H]1CC[C@@H](c2nc(C3CC3)n[nH]2)O1. The summed E-state index contributed by atoms with van der Waals surface area (Å²) in [7, 11) is 3.74. The maximum atomic E-state index is 12.5. The predicted molar refractivity (Wildman–Crippen MR) is 96.1 cm³/mol. The fraction of sp³-hybridized carbons (Fsp3) is 0.556. The van der Waals surface area contributed by atoms with Gasteiger partial charge in [-0.3, -0.25) is 9.89 Å². The molecular formula is C18H24N6O2. The molecule has 8 nitrogen and oxygen atoms in total. The summed E-state index contributed by atoms with van der Waals surface area (Å²) in [6, 6.07) is 3.55. The Morgan fingerprint density at radius 2 is 2.19 bits per heavy atom. The first-order valence-corrected chi connectivity index (χ1v) is 9.10. The summed E-state index contributed by atoms with van der Waals surface area (Å²) in [5.74, 6) is 2.77. The third-order valence-electron chi connectivity index (χ3n) is 4.82. The number of H-pyrrole nitrogens is 1. The average molecular weight is 356 g/mol. The third kappa shape index (κ3) is 3.55. The Morgan fingerprint density at radius 1 is 1.35 bits per heavy atom. The Bertz CT molecular complexity index is 785. The number of aromatic amines is 1. The molecule has 3 heterocycles. The molecule has 0 unspecified atom stereocenters. The Kier molecular flexibility index (Phi) is 4.58. The van der Waals surface area contributed by atoms with E-state index in [9.17, 15) is 4.79 Å². The van der Waals surface area contributed by atoms with Crippen molar-refractivity contribution in [2.45, 2.75) is 43.8 Å². The normalized spacial score (nSPS) is 22.4. The Labute approximate surface area is 152 Å². The van der Waals surface area contributed by atoms with E-state index in [4.69, 9.17) is 4.74 Å². The lowest BCUT2D eigenvalue weighted by atomic mass is 10.2. The number of carbonyl (C=O) groups excluding carboxylic acids is 1. The molecule has 0 bridgehead atoms. The molecule has 2 N–H and O–H groups in total. The zero-order chi connectivity index (χ0) is 18.1. The number of carbonyl (C=O) groups is 1. The molecule has 0 spiro atoms. The minimum Gasteiger partial charge on any atom is -0.365 e. The van der Waals surface area contributed by atoms with Crippen molar-refractivity contribution in [1.29, 1.82) is 0 Å². The number of nitrogens with zero attached hydrogens (tertiary/aromatic N) is 4. The first-order valence-electron chi connectivity index (χ1n) is 9.10. The first-order chi connectivity index (χ1) is 12.6. The molecule has 2 fully saturated rings. The number of anilines is 1. The molecule has 2 atom stereocenters. The second-order valence-corrected chi connectivity index (χ2v) is 7.16. The molecule has 2 aromatic rings. The van der Waals surface area contributed by atoms with Crippen molar-refractivity contribution in [3.8, 4) is 0 Å². The van der Waals surface area contributed by atoms with Crippen LogP contribution in [0.15, 0.2) is 18.3 Å². The predicted octanol–water partition coefficient (Wildman–Crippen LogP) is 1.79. The number of hydrogen-bond acceptors (Lipinski definition) is 6. The van der Waals surface area contributed by atoms with Gasteiger partial charge in [0, 0.05) is 32.8 Å². The van der Waals surface area contributed by atoms with E-state index in [2.05, 4.69) is 25.5 Å². The van der Waals surface area contributed by atoms with Gasteiger partial charge in [0.1, 0.15) is 11.9 Å². The van der Waals surface area contributed by atoms with E-state index in [-0.39, 0.29) is 18.1 Å². The van der Waals surface area contributed by atoms with Crippen LogP contribution in [0.2, 0.25) is 0 Å². The maximum absolute atomic E-state index is 12.5. The van der Waals surface area contributed by atoms with Gasteiger partial charge in [0.15, 0.2) is 11.6 Å². The van der Waals surface area contributed by atoms with Gasteiger partial charge in [-0.15, -0.1) is 0 Å². The van der Waals surface area contributed by atoms with Gasteiger partial charge in [0.2, 0.25) is 0 Å². The number of aromatic nitrogens is 4. The lowest BCUT2D eigenvalue weighted by molar-refractivity contribution is 0.0392. The number of rotatable bonds is 6. The summed E-state index contributed by atoms with van der Waals surface area (Å²) in [6.07, 6.45) is 5.74. The van der Waals surface area contributed by atoms with Crippen molar-refractivity contribution in [3.05, 3.63) is 35.5 Å². The van der Waals surface area contributed by atoms with E-state index < -0.39 is 0 Å². The van der Waals surface area contributed by atoms with Crippen molar-refractivity contribution in [1.82, 2.24) is 25.5 Å². The lowest BCUT2D eigenvalue weighted by Gasteiger charge is -2.17. The minimum atomic E-state index is -0.135. The maximum Gasteiger partial charge on any atom is 0.255 e. The molecule has 0 radical (unpaired) electrons. The fourth-order valence-corrected chi connectivity index (χ4v) is 3.25. The number of ether oxygens (including phenoxy) is 1. The topological polar surface area (TPSA) is 96.0 Å². The van der Waals surface area contributed by atoms with Crippen molar-refractivity contribution in [2.75, 3.05) is 25.5 Å². The van der Waals surface area contributed by atoms with Crippen LogP contribution in [0, 0.1) is 0 Å². The zero-order valence-electron chi connectivity index (χ0n) is 15.1. The van der Waals surface area contributed by atoms with Crippen LogP contribution in [0.4, 0.5) is 5.82 Å². The van der Waals surface area contributed by atoms with Crippen LogP contribution in [0.5, 0.6) is 0 Å². The second kappa shape index (κ2) is 7.03. The summed E-state index contributed by atoms with van der Waals surface area (Å²) in [5, 5.41) is 10.3. The van der Waals surface area contributed by atoms with Crippen LogP contribution in [-0.2, 0) is 4.74 Å². The summed E-state index contributed by atoms with van der Waals surface area (Å²) in [5.41, 5.74) is 0.566. The van der Waals surface area contributed by atoms with Gasteiger partial charge in [-0.25, -0.2) is 9.97 Å². The lowest BCUT2D eigenvalue weighted by Crippen LogP contribution is -2.33. The van der Waals surface area contributed by atoms with E-state index in [1.54, 1.807) is 18.3 Å². The average Bonchev–Trinajstić information content (AvgIpc) is 3.19. The number of hydrogen-bond donors (Lipinski definition) is 2. The quantitative estimate of drug-likeness (QED) is 0.819. The number of nitrogens with one attached hydrogen (secondary N) is 2.